The van der Waals surface area contributed by atoms with E-state index in [1.807, 2.05) is 6.20 Å². The van der Waals surface area contributed by atoms with E-state index in [-0.39, 0.29) is 0 Å². The first-order chi connectivity index (χ1) is 6.90. The van der Waals surface area contributed by atoms with Crippen molar-refractivity contribution in [2.24, 2.45) is 5.92 Å². The second-order valence-electron chi connectivity index (χ2n) is 3.99. The molecule has 1 saturated carbocycles. The topological polar surface area (TPSA) is 24.9 Å². The molecule has 0 amide bonds. The van der Waals surface area contributed by atoms with E-state index in [9.17, 15) is 0 Å². The largest absolute Gasteiger partial charge is 0.314 e. The van der Waals surface area contributed by atoms with Crippen molar-refractivity contribution in [2.45, 2.75) is 38.6 Å². The molecular weight excluding hydrogens is 192 g/mol. The van der Waals surface area contributed by atoms with Gasteiger partial charge in [0.25, 0.3) is 0 Å². The molecular formula is C11H18N2S. The molecule has 1 aromatic rings. The Kier molecular flexibility index (Phi) is 3.54. The van der Waals surface area contributed by atoms with Gasteiger partial charge in [0.05, 0.1) is 5.01 Å². The van der Waals surface area contributed by atoms with Gasteiger partial charge in [0.2, 0.25) is 0 Å². The molecule has 0 spiro atoms. The summed E-state index contributed by atoms with van der Waals surface area (Å²) in [6, 6.07) is 0.740. The van der Waals surface area contributed by atoms with Gasteiger partial charge in [-0.15, -0.1) is 11.3 Å². The highest BCUT2D eigenvalue weighted by Gasteiger charge is 2.26. The van der Waals surface area contributed by atoms with E-state index in [0.29, 0.717) is 0 Å². The molecule has 0 radical (unpaired) electrons. The summed E-state index contributed by atoms with van der Waals surface area (Å²) in [6.45, 7) is 3.29. The van der Waals surface area contributed by atoms with Crippen LogP contribution in [0.2, 0.25) is 0 Å². The standard InChI is InChI=1S/C11H18N2S/c1-2-12-10-5-3-4-9(10)8-11-13-6-7-14-11/h6-7,9-10,12H,2-5,8H2,1H3. The van der Waals surface area contributed by atoms with Gasteiger partial charge < -0.3 is 5.32 Å². The van der Waals surface area contributed by atoms with E-state index < -0.39 is 0 Å². The summed E-state index contributed by atoms with van der Waals surface area (Å²) >= 11 is 1.79. The molecule has 1 heterocycles. The third kappa shape index (κ3) is 2.34. The maximum absolute atomic E-state index is 4.37. The Bertz CT molecular complexity index is 258. The molecule has 1 N–H and O–H groups in total. The second kappa shape index (κ2) is 4.89. The Balaban J connectivity index is 1.90. The molecule has 0 saturated heterocycles. The summed E-state index contributed by atoms with van der Waals surface area (Å²) in [5.74, 6) is 0.820. The van der Waals surface area contributed by atoms with Crippen molar-refractivity contribution in [1.82, 2.24) is 10.3 Å². The van der Waals surface area contributed by atoms with Crippen LogP contribution >= 0.6 is 11.3 Å². The van der Waals surface area contributed by atoms with Crippen molar-refractivity contribution in [3.63, 3.8) is 0 Å². The van der Waals surface area contributed by atoms with Crippen LogP contribution in [-0.2, 0) is 6.42 Å². The van der Waals surface area contributed by atoms with E-state index in [1.54, 1.807) is 11.3 Å². The summed E-state index contributed by atoms with van der Waals surface area (Å²) < 4.78 is 0. The highest BCUT2D eigenvalue weighted by molar-refractivity contribution is 7.09. The first kappa shape index (κ1) is 10.1. The zero-order valence-electron chi connectivity index (χ0n) is 8.70. The Morgan fingerprint density at radius 3 is 3.21 bits per heavy atom. The molecule has 1 aromatic heterocycles. The van der Waals surface area contributed by atoms with E-state index in [2.05, 4.69) is 22.6 Å². The van der Waals surface area contributed by atoms with Gasteiger partial charge in [-0.1, -0.05) is 13.3 Å². The Morgan fingerprint density at radius 1 is 1.57 bits per heavy atom. The average Bonchev–Trinajstić information content (AvgIpc) is 2.80. The lowest BCUT2D eigenvalue weighted by Gasteiger charge is -2.19. The molecule has 2 unspecified atom stereocenters. The Hall–Kier alpha value is -0.410. The van der Waals surface area contributed by atoms with Crippen LogP contribution in [0, 0.1) is 5.92 Å². The normalized spacial score (nSPS) is 26.9. The lowest BCUT2D eigenvalue weighted by molar-refractivity contribution is 0.406. The number of nitrogens with zero attached hydrogens (tertiary/aromatic N) is 1. The van der Waals surface area contributed by atoms with Crippen LogP contribution in [0.4, 0.5) is 0 Å². The van der Waals surface area contributed by atoms with Gasteiger partial charge in [0.15, 0.2) is 0 Å². The van der Waals surface area contributed by atoms with E-state index in [0.717, 1.165) is 18.5 Å². The van der Waals surface area contributed by atoms with Gasteiger partial charge in [-0.05, 0) is 25.3 Å². The van der Waals surface area contributed by atoms with Crippen LogP contribution in [0.15, 0.2) is 11.6 Å². The van der Waals surface area contributed by atoms with Crippen LogP contribution in [0.3, 0.4) is 0 Å². The van der Waals surface area contributed by atoms with E-state index in [4.69, 9.17) is 0 Å². The maximum atomic E-state index is 4.37. The van der Waals surface area contributed by atoms with Crippen molar-refractivity contribution in [3.8, 4) is 0 Å². The quantitative estimate of drug-likeness (QED) is 0.825. The minimum absolute atomic E-state index is 0.740. The van der Waals surface area contributed by atoms with Crippen LogP contribution in [0.1, 0.15) is 31.2 Å². The number of thiazole rings is 1. The fraction of sp³-hybridized carbons (Fsp3) is 0.727. The van der Waals surface area contributed by atoms with Gasteiger partial charge in [-0.2, -0.15) is 0 Å². The lowest BCUT2D eigenvalue weighted by Crippen LogP contribution is -2.33. The van der Waals surface area contributed by atoms with Crippen molar-refractivity contribution in [1.29, 1.82) is 0 Å². The van der Waals surface area contributed by atoms with Crippen molar-refractivity contribution in [2.75, 3.05) is 6.54 Å². The molecule has 0 bridgehead atoms. The number of aromatic nitrogens is 1. The summed E-state index contributed by atoms with van der Waals surface area (Å²) in [7, 11) is 0. The molecule has 2 rings (SSSR count). The van der Waals surface area contributed by atoms with Crippen LogP contribution in [0.5, 0.6) is 0 Å². The molecule has 1 aliphatic rings. The smallest absolute Gasteiger partial charge is 0.0928 e. The lowest BCUT2D eigenvalue weighted by atomic mass is 10.00. The van der Waals surface area contributed by atoms with Crippen molar-refractivity contribution < 1.29 is 0 Å². The fourth-order valence-corrected chi connectivity index (χ4v) is 3.10. The Labute approximate surface area is 89.8 Å². The minimum atomic E-state index is 0.740. The van der Waals surface area contributed by atoms with Gasteiger partial charge in [-0.3, -0.25) is 0 Å². The monoisotopic (exact) mass is 210 g/mol. The first-order valence-electron chi connectivity index (χ1n) is 5.52. The molecule has 2 atom stereocenters. The number of nitrogens with one attached hydrogen (secondary N) is 1. The molecule has 3 heteroatoms. The van der Waals surface area contributed by atoms with Gasteiger partial charge in [-0.25, -0.2) is 4.98 Å². The number of rotatable bonds is 4. The first-order valence-corrected chi connectivity index (χ1v) is 6.40. The third-order valence-electron chi connectivity index (χ3n) is 3.05. The number of hydrogen-bond acceptors (Lipinski definition) is 3. The molecule has 2 nitrogen and oxygen atoms in total. The summed E-state index contributed by atoms with van der Waals surface area (Å²) in [5.41, 5.74) is 0. The predicted octanol–water partition coefficient (Wildman–Crippen LogP) is 2.46. The van der Waals surface area contributed by atoms with Gasteiger partial charge >= 0.3 is 0 Å². The zero-order valence-corrected chi connectivity index (χ0v) is 9.52. The van der Waals surface area contributed by atoms with Gasteiger partial charge in [0, 0.05) is 24.0 Å². The summed E-state index contributed by atoms with van der Waals surface area (Å²) in [6.07, 6.45) is 7.20. The summed E-state index contributed by atoms with van der Waals surface area (Å²) in [5, 5.41) is 6.97. The maximum Gasteiger partial charge on any atom is 0.0928 e. The third-order valence-corrected chi connectivity index (χ3v) is 3.85. The van der Waals surface area contributed by atoms with Gasteiger partial charge in [0.1, 0.15) is 0 Å². The zero-order chi connectivity index (χ0) is 9.80. The van der Waals surface area contributed by atoms with Crippen molar-refractivity contribution in [3.05, 3.63) is 16.6 Å². The van der Waals surface area contributed by atoms with E-state index in [1.165, 1.54) is 30.7 Å². The number of hydrogen-bond donors (Lipinski definition) is 1. The highest BCUT2D eigenvalue weighted by atomic mass is 32.1. The molecule has 1 aliphatic carbocycles. The summed E-state index contributed by atoms with van der Waals surface area (Å²) in [4.78, 5) is 4.37. The van der Waals surface area contributed by atoms with Crippen LogP contribution in [0.25, 0.3) is 0 Å². The van der Waals surface area contributed by atoms with Crippen LogP contribution in [-0.4, -0.2) is 17.6 Å². The molecule has 78 valence electrons. The fourth-order valence-electron chi connectivity index (χ4n) is 2.39. The SMILES string of the molecule is CCNC1CCCC1Cc1nccs1. The highest BCUT2D eigenvalue weighted by Crippen LogP contribution is 2.29. The molecule has 0 aromatic carbocycles. The molecule has 1 fully saturated rings. The molecule has 14 heavy (non-hydrogen) atoms. The average molecular weight is 210 g/mol. The van der Waals surface area contributed by atoms with Crippen LogP contribution < -0.4 is 5.32 Å². The van der Waals surface area contributed by atoms with E-state index >= 15 is 0 Å². The predicted molar refractivity (Wildman–Crippen MR) is 60.6 cm³/mol. The Morgan fingerprint density at radius 2 is 2.50 bits per heavy atom. The van der Waals surface area contributed by atoms with Crippen molar-refractivity contribution >= 4 is 11.3 Å². The molecule has 0 aliphatic heterocycles. The second-order valence-corrected chi connectivity index (χ2v) is 4.96. The minimum Gasteiger partial charge on any atom is -0.314 e.